The molecule has 1 aliphatic carbocycles. The summed E-state index contributed by atoms with van der Waals surface area (Å²) in [7, 11) is -4.19. The first kappa shape index (κ1) is 30.7. The monoisotopic (exact) mass is 623 g/mol. The zero-order chi connectivity index (χ0) is 30.8. The number of halogens is 1. The molecule has 2 aliphatic rings. The lowest BCUT2D eigenvalue weighted by molar-refractivity contribution is -0.385. The Kier molecular flexibility index (Phi) is 8.86. The molecule has 1 N–H and O–H groups in total. The van der Waals surface area contributed by atoms with Crippen LogP contribution in [-0.2, 0) is 10.0 Å². The van der Waals surface area contributed by atoms with Crippen LogP contribution in [0.4, 0.5) is 11.4 Å². The van der Waals surface area contributed by atoms with E-state index >= 15 is 0 Å². The third kappa shape index (κ3) is 7.41. The van der Waals surface area contributed by atoms with Crippen LogP contribution >= 0.6 is 11.6 Å². The summed E-state index contributed by atoms with van der Waals surface area (Å²) in [6.07, 6.45) is 5.34. The Morgan fingerprint density at radius 2 is 1.72 bits per heavy atom. The molecule has 2 heterocycles. The summed E-state index contributed by atoms with van der Waals surface area (Å²) < 4.78 is 27.6. The van der Waals surface area contributed by atoms with E-state index in [0.29, 0.717) is 0 Å². The third-order valence-electron chi connectivity index (χ3n) is 8.10. The Morgan fingerprint density at radius 3 is 2.37 bits per heavy atom. The number of carbonyl (C=O) groups excluding carboxylic acids is 1. The number of rotatable bonds is 8. The van der Waals surface area contributed by atoms with Crippen LogP contribution in [0.15, 0.2) is 77.5 Å². The number of hydrogen-bond donors (Lipinski definition) is 1. The lowest BCUT2D eigenvalue weighted by atomic mass is 9.72. The minimum Gasteiger partial charge on any atom is -0.369 e. The van der Waals surface area contributed by atoms with Crippen LogP contribution < -0.4 is 9.62 Å². The van der Waals surface area contributed by atoms with Crippen molar-refractivity contribution in [1.82, 2.24) is 14.6 Å². The number of nitro groups is 1. The molecule has 0 bridgehead atoms. The number of anilines is 1. The number of carbonyl (C=O) groups is 1. The highest BCUT2D eigenvalue weighted by Crippen LogP contribution is 2.43. The normalized spacial score (nSPS) is 17.5. The second-order valence-electron chi connectivity index (χ2n) is 11.8. The van der Waals surface area contributed by atoms with Gasteiger partial charge in [0.1, 0.15) is 6.20 Å². The molecule has 43 heavy (non-hydrogen) atoms. The average Bonchev–Trinajstić information content (AvgIpc) is 2.98. The molecule has 1 fully saturated rings. The van der Waals surface area contributed by atoms with Gasteiger partial charge in [0.15, 0.2) is 0 Å². The zero-order valence-corrected chi connectivity index (χ0v) is 25.7. The summed E-state index contributed by atoms with van der Waals surface area (Å²) in [6.45, 7) is 8.96. The van der Waals surface area contributed by atoms with Crippen LogP contribution in [0.1, 0.15) is 49.0 Å². The van der Waals surface area contributed by atoms with Crippen molar-refractivity contribution in [3.63, 3.8) is 0 Å². The van der Waals surface area contributed by atoms with Crippen molar-refractivity contribution >= 4 is 44.5 Å². The van der Waals surface area contributed by atoms with Crippen molar-refractivity contribution in [1.29, 1.82) is 0 Å². The van der Waals surface area contributed by atoms with E-state index in [-0.39, 0.29) is 15.9 Å². The molecule has 1 aliphatic heterocycles. The molecule has 1 saturated heterocycles. The Morgan fingerprint density at radius 1 is 1.05 bits per heavy atom. The molecular formula is C31H34ClN5O5S. The van der Waals surface area contributed by atoms with Crippen molar-refractivity contribution in [2.75, 3.05) is 37.6 Å². The van der Waals surface area contributed by atoms with Gasteiger partial charge in [-0.15, -0.1) is 0 Å². The number of nitrogens with one attached hydrogen (secondary N) is 1. The summed E-state index contributed by atoms with van der Waals surface area (Å²) in [4.78, 5) is 31.0. The van der Waals surface area contributed by atoms with E-state index in [1.165, 1.54) is 28.8 Å². The van der Waals surface area contributed by atoms with Gasteiger partial charge in [-0.3, -0.25) is 24.8 Å². The van der Waals surface area contributed by atoms with Gasteiger partial charge in [0.2, 0.25) is 0 Å². The van der Waals surface area contributed by atoms with E-state index < -0.39 is 26.5 Å². The topological polar surface area (TPSA) is 126 Å². The summed E-state index contributed by atoms with van der Waals surface area (Å²) >= 11 is 6.15. The quantitative estimate of drug-likeness (QED) is 0.256. The van der Waals surface area contributed by atoms with Crippen molar-refractivity contribution in [3.05, 3.63) is 98.8 Å². The van der Waals surface area contributed by atoms with E-state index in [2.05, 4.69) is 40.8 Å². The number of piperazine rings is 1. The van der Waals surface area contributed by atoms with Gasteiger partial charge >= 0.3 is 0 Å². The molecule has 0 unspecified atom stereocenters. The van der Waals surface area contributed by atoms with E-state index in [4.69, 9.17) is 11.6 Å². The van der Waals surface area contributed by atoms with Crippen LogP contribution in [0.3, 0.4) is 0 Å². The molecule has 0 atom stereocenters. The van der Waals surface area contributed by atoms with Crippen LogP contribution in [-0.4, -0.2) is 61.9 Å². The molecule has 3 aromatic rings. The summed E-state index contributed by atoms with van der Waals surface area (Å²) in [5, 5.41) is 11.7. The first-order valence-electron chi connectivity index (χ1n) is 14.1. The molecule has 10 nitrogen and oxygen atoms in total. The Hall–Kier alpha value is -3.80. The number of allylic oxidation sites excluding steroid dienone is 1. The maximum atomic E-state index is 12.8. The third-order valence-corrected chi connectivity index (χ3v) is 9.70. The van der Waals surface area contributed by atoms with E-state index in [0.717, 1.165) is 81.2 Å². The first-order valence-corrected chi connectivity index (χ1v) is 16.0. The molecule has 12 heteroatoms. The fourth-order valence-electron chi connectivity index (χ4n) is 5.63. The molecular weight excluding hydrogens is 590 g/mol. The maximum absolute atomic E-state index is 12.8. The van der Waals surface area contributed by atoms with E-state index in [9.17, 15) is 23.3 Å². The number of aromatic nitrogens is 1. The summed E-state index contributed by atoms with van der Waals surface area (Å²) in [5.74, 6) is -0.993. The predicted octanol–water partition coefficient (Wildman–Crippen LogP) is 5.55. The molecule has 1 amide bonds. The Bertz CT molecular complexity index is 1650. The summed E-state index contributed by atoms with van der Waals surface area (Å²) in [5.41, 5.74) is 4.70. The molecule has 0 saturated carbocycles. The van der Waals surface area contributed by atoms with Gasteiger partial charge in [0, 0.05) is 55.7 Å². The standard InChI is InChI=1S/C31H34ClN5O5S/c1-31(2)12-11-23(29(18-31)22-3-5-25(32)6-4-22)21-35-13-15-36(16-14-35)26-7-9-28(10-8-26)43(41,42)34-30(38)24-17-27(37(39)40)20-33-19-24/h3-10,17,19-20H,11-16,18,21H2,1-2H3,(H,34,38). The van der Waals surface area contributed by atoms with Gasteiger partial charge in [0.25, 0.3) is 21.6 Å². The van der Waals surface area contributed by atoms with Crippen molar-refractivity contribution in [2.24, 2.45) is 5.41 Å². The first-order chi connectivity index (χ1) is 20.4. The molecule has 0 radical (unpaired) electrons. The lowest BCUT2D eigenvalue weighted by Gasteiger charge is -2.39. The number of pyridine rings is 1. The number of hydrogen-bond acceptors (Lipinski definition) is 8. The van der Waals surface area contributed by atoms with Crippen molar-refractivity contribution < 1.29 is 18.1 Å². The molecule has 0 spiro atoms. The highest BCUT2D eigenvalue weighted by Gasteiger charge is 2.29. The number of sulfonamides is 1. The average molecular weight is 624 g/mol. The highest BCUT2D eigenvalue weighted by molar-refractivity contribution is 7.90. The smallest absolute Gasteiger partial charge is 0.288 e. The number of nitrogens with zero attached hydrogens (tertiary/aromatic N) is 4. The minimum atomic E-state index is -4.19. The molecule has 5 rings (SSSR count). The van der Waals surface area contributed by atoms with Gasteiger partial charge in [0.05, 0.1) is 15.4 Å². The van der Waals surface area contributed by atoms with Gasteiger partial charge in [-0.2, -0.15) is 0 Å². The largest absolute Gasteiger partial charge is 0.369 e. The predicted molar refractivity (Wildman–Crippen MR) is 167 cm³/mol. The molecule has 2 aromatic carbocycles. The fourth-order valence-corrected chi connectivity index (χ4v) is 6.73. The maximum Gasteiger partial charge on any atom is 0.288 e. The molecule has 226 valence electrons. The summed E-state index contributed by atoms with van der Waals surface area (Å²) in [6, 6.07) is 15.5. The molecule has 1 aromatic heterocycles. The SMILES string of the molecule is CC1(C)CCC(CN2CCN(c3ccc(S(=O)(=O)NC(=O)c4cncc([N+](=O)[O-])c4)cc3)CC2)=C(c2ccc(Cl)cc2)C1. The highest BCUT2D eigenvalue weighted by atomic mass is 35.5. The van der Waals surface area contributed by atoms with Crippen molar-refractivity contribution in [3.8, 4) is 0 Å². The fraction of sp³-hybridized carbons (Fsp3) is 0.355. The Labute approximate surface area is 256 Å². The van der Waals surface area contributed by atoms with Gasteiger partial charge in [-0.25, -0.2) is 13.1 Å². The van der Waals surface area contributed by atoms with Gasteiger partial charge < -0.3 is 4.90 Å². The lowest BCUT2D eigenvalue weighted by Crippen LogP contribution is -2.47. The van der Waals surface area contributed by atoms with Crippen LogP contribution in [0.25, 0.3) is 5.57 Å². The van der Waals surface area contributed by atoms with E-state index in [1.807, 2.05) is 16.9 Å². The minimum absolute atomic E-state index is 0.0801. The second-order valence-corrected chi connectivity index (χ2v) is 13.9. The zero-order valence-electron chi connectivity index (χ0n) is 24.1. The number of benzene rings is 2. The Balaban J connectivity index is 1.21. The van der Waals surface area contributed by atoms with Crippen LogP contribution in [0.5, 0.6) is 0 Å². The van der Waals surface area contributed by atoms with Crippen LogP contribution in [0, 0.1) is 15.5 Å². The second kappa shape index (κ2) is 12.4. The number of amides is 1. The van der Waals surface area contributed by atoms with Crippen molar-refractivity contribution in [2.45, 2.75) is 38.0 Å². The van der Waals surface area contributed by atoms with Gasteiger partial charge in [-0.05, 0) is 72.2 Å². The van der Waals surface area contributed by atoms with Crippen LogP contribution in [0.2, 0.25) is 5.02 Å². The van der Waals surface area contributed by atoms with Gasteiger partial charge in [-0.1, -0.05) is 43.2 Å². The van der Waals surface area contributed by atoms with E-state index in [1.54, 1.807) is 12.1 Å².